The van der Waals surface area contributed by atoms with Gasteiger partial charge in [-0.05, 0) is 37.6 Å². The number of likely N-dealkylation sites (tertiary alicyclic amines) is 1. The molecule has 1 atom stereocenters. The van der Waals surface area contributed by atoms with E-state index in [4.69, 9.17) is 5.73 Å². The lowest BCUT2D eigenvalue weighted by molar-refractivity contribution is -0.128. The molecule has 1 unspecified atom stereocenters. The molecule has 6 heteroatoms. The van der Waals surface area contributed by atoms with Gasteiger partial charge in [-0.1, -0.05) is 0 Å². The molecular weight excluding hydrogens is 256 g/mol. The highest BCUT2D eigenvalue weighted by atomic mass is 16.2. The summed E-state index contributed by atoms with van der Waals surface area (Å²) < 4.78 is 0. The van der Waals surface area contributed by atoms with E-state index in [1.165, 1.54) is 0 Å². The second-order valence-corrected chi connectivity index (χ2v) is 5.36. The van der Waals surface area contributed by atoms with E-state index in [2.05, 4.69) is 10.6 Å². The summed E-state index contributed by atoms with van der Waals surface area (Å²) in [7, 11) is 1.62. The van der Waals surface area contributed by atoms with Crippen LogP contribution in [0, 0.1) is 5.41 Å². The van der Waals surface area contributed by atoms with Crippen LogP contribution in [-0.4, -0.2) is 37.0 Å². The summed E-state index contributed by atoms with van der Waals surface area (Å²) in [6, 6.07) is 6.77. The van der Waals surface area contributed by atoms with Crippen LogP contribution in [0.4, 0.5) is 16.2 Å². The van der Waals surface area contributed by atoms with Crippen molar-refractivity contribution in [1.82, 2.24) is 10.2 Å². The van der Waals surface area contributed by atoms with Gasteiger partial charge in [0.05, 0.1) is 5.41 Å². The van der Waals surface area contributed by atoms with Crippen molar-refractivity contribution >= 4 is 23.3 Å². The largest absolute Gasteiger partial charge is 0.399 e. The Morgan fingerprint density at radius 3 is 2.55 bits per heavy atom. The lowest BCUT2D eigenvalue weighted by Gasteiger charge is -2.22. The van der Waals surface area contributed by atoms with Gasteiger partial charge in [0.25, 0.3) is 0 Å². The van der Waals surface area contributed by atoms with Crippen molar-refractivity contribution < 1.29 is 9.59 Å². The summed E-state index contributed by atoms with van der Waals surface area (Å²) in [5.41, 5.74) is 6.43. The van der Waals surface area contributed by atoms with Crippen molar-refractivity contribution in [2.75, 3.05) is 31.2 Å². The Hall–Kier alpha value is -2.24. The molecule has 1 fully saturated rings. The fourth-order valence-corrected chi connectivity index (χ4v) is 2.39. The minimum absolute atomic E-state index is 0.0275. The molecule has 1 saturated heterocycles. The molecule has 0 aromatic heterocycles. The number of carbonyl (C=O) groups excluding carboxylic acids is 2. The third-order valence-corrected chi connectivity index (χ3v) is 3.70. The van der Waals surface area contributed by atoms with E-state index in [0.29, 0.717) is 30.9 Å². The zero-order chi connectivity index (χ0) is 14.8. The van der Waals surface area contributed by atoms with Crippen molar-refractivity contribution in [3.63, 3.8) is 0 Å². The number of urea groups is 1. The number of amides is 3. The van der Waals surface area contributed by atoms with Crippen LogP contribution in [-0.2, 0) is 4.79 Å². The zero-order valence-electron chi connectivity index (χ0n) is 11.8. The highest BCUT2D eigenvalue weighted by molar-refractivity contribution is 5.91. The third kappa shape index (κ3) is 2.84. The Balaban J connectivity index is 1.98. The van der Waals surface area contributed by atoms with Crippen molar-refractivity contribution in [3.05, 3.63) is 24.3 Å². The smallest absolute Gasteiger partial charge is 0.321 e. The quantitative estimate of drug-likeness (QED) is 0.711. The second-order valence-electron chi connectivity index (χ2n) is 5.36. The van der Waals surface area contributed by atoms with E-state index in [1.807, 2.05) is 6.92 Å². The first-order valence-electron chi connectivity index (χ1n) is 6.58. The number of nitrogen functional groups attached to an aromatic ring is 1. The van der Waals surface area contributed by atoms with Gasteiger partial charge in [0, 0.05) is 31.5 Å². The summed E-state index contributed by atoms with van der Waals surface area (Å²) in [5.74, 6) is -0.0275. The number of carbonyl (C=O) groups is 2. The van der Waals surface area contributed by atoms with Crippen LogP contribution in [0.2, 0.25) is 0 Å². The topological polar surface area (TPSA) is 87.5 Å². The summed E-state index contributed by atoms with van der Waals surface area (Å²) >= 11 is 0. The Morgan fingerprint density at radius 2 is 1.95 bits per heavy atom. The average molecular weight is 276 g/mol. The number of nitrogens with one attached hydrogen (secondary N) is 2. The van der Waals surface area contributed by atoms with Crippen molar-refractivity contribution in [3.8, 4) is 0 Å². The number of rotatable bonds is 2. The molecule has 0 saturated carbocycles. The fourth-order valence-electron chi connectivity index (χ4n) is 2.39. The number of nitrogens with two attached hydrogens (primary N) is 1. The van der Waals surface area contributed by atoms with Gasteiger partial charge >= 0.3 is 6.03 Å². The first kappa shape index (κ1) is 14.2. The number of benzene rings is 1. The lowest BCUT2D eigenvalue weighted by atomic mass is 9.89. The van der Waals surface area contributed by atoms with Crippen molar-refractivity contribution in [1.29, 1.82) is 0 Å². The zero-order valence-corrected chi connectivity index (χ0v) is 11.8. The molecule has 20 heavy (non-hydrogen) atoms. The number of anilines is 2. The Bertz CT molecular complexity index is 514. The SMILES string of the molecule is CNC(=O)C1(C)CCN(C(=O)Nc2ccc(N)cc2)C1. The maximum Gasteiger partial charge on any atom is 0.321 e. The van der Waals surface area contributed by atoms with E-state index in [-0.39, 0.29) is 11.9 Å². The Kier molecular flexibility index (Phi) is 3.83. The summed E-state index contributed by atoms with van der Waals surface area (Å²) in [6.07, 6.45) is 0.668. The molecule has 108 valence electrons. The van der Waals surface area contributed by atoms with Gasteiger partial charge in [0.2, 0.25) is 5.91 Å². The highest BCUT2D eigenvalue weighted by Gasteiger charge is 2.41. The molecule has 0 radical (unpaired) electrons. The molecule has 1 aliphatic heterocycles. The lowest BCUT2D eigenvalue weighted by Crippen LogP contribution is -2.41. The average Bonchev–Trinajstić information content (AvgIpc) is 2.84. The molecular formula is C14H20N4O2. The monoisotopic (exact) mass is 276 g/mol. The third-order valence-electron chi connectivity index (χ3n) is 3.70. The molecule has 1 aromatic carbocycles. The minimum Gasteiger partial charge on any atom is -0.399 e. The minimum atomic E-state index is -0.507. The van der Waals surface area contributed by atoms with Crippen LogP contribution in [0.3, 0.4) is 0 Å². The first-order chi connectivity index (χ1) is 9.44. The van der Waals surface area contributed by atoms with Gasteiger partial charge in [-0.25, -0.2) is 4.79 Å². The molecule has 0 spiro atoms. The van der Waals surface area contributed by atoms with E-state index >= 15 is 0 Å². The van der Waals surface area contributed by atoms with Gasteiger partial charge in [0.1, 0.15) is 0 Å². The molecule has 1 aromatic rings. The van der Waals surface area contributed by atoms with Gasteiger partial charge < -0.3 is 21.3 Å². The maximum atomic E-state index is 12.2. The molecule has 0 aliphatic carbocycles. The fraction of sp³-hybridized carbons (Fsp3) is 0.429. The van der Waals surface area contributed by atoms with Crippen molar-refractivity contribution in [2.45, 2.75) is 13.3 Å². The van der Waals surface area contributed by atoms with Crippen molar-refractivity contribution in [2.24, 2.45) is 5.41 Å². The predicted molar refractivity (Wildman–Crippen MR) is 78.2 cm³/mol. The van der Waals surface area contributed by atoms with Gasteiger partial charge in [-0.3, -0.25) is 4.79 Å². The second kappa shape index (κ2) is 5.40. The van der Waals surface area contributed by atoms with Gasteiger partial charge in [-0.2, -0.15) is 0 Å². The predicted octanol–water partition coefficient (Wildman–Crippen LogP) is 1.26. The number of nitrogens with zero attached hydrogens (tertiary/aromatic N) is 1. The van der Waals surface area contributed by atoms with E-state index < -0.39 is 5.41 Å². The standard InChI is InChI=1S/C14H20N4O2/c1-14(12(19)16-2)7-8-18(9-14)13(20)17-11-5-3-10(15)4-6-11/h3-6H,7-9,15H2,1-2H3,(H,16,19)(H,17,20). The summed E-state index contributed by atoms with van der Waals surface area (Å²) in [5, 5.41) is 5.46. The normalized spacial score (nSPS) is 21.6. The molecule has 4 N–H and O–H groups in total. The van der Waals surface area contributed by atoms with Crippen LogP contribution >= 0.6 is 0 Å². The van der Waals surface area contributed by atoms with Crippen LogP contribution < -0.4 is 16.4 Å². The van der Waals surface area contributed by atoms with E-state index in [0.717, 1.165) is 0 Å². The van der Waals surface area contributed by atoms with Gasteiger partial charge in [0.15, 0.2) is 0 Å². The van der Waals surface area contributed by atoms with E-state index in [9.17, 15) is 9.59 Å². The number of hydrogen-bond donors (Lipinski definition) is 3. The van der Waals surface area contributed by atoms with Crippen LogP contribution in [0.5, 0.6) is 0 Å². The summed E-state index contributed by atoms with van der Waals surface area (Å²) in [6.45, 7) is 2.88. The van der Waals surface area contributed by atoms with Crippen LogP contribution in [0.25, 0.3) is 0 Å². The molecule has 2 rings (SSSR count). The first-order valence-corrected chi connectivity index (χ1v) is 6.58. The van der Waals surface area contributed by atoms with Crippen LogP contribution in [0.15, 0.2) is 24.3 Å². The number of hydrogen-bond acceptors (Lipinski definition) is 3. The maximum absolute atomic E-state index is 12.2. The summed E-state index contributed by atoms with van der Waals surface area (Å²) in [4.78, 5) is 25.6. The molecule has 0 bridgehead atoms. The van der Waals surface area contributed by atoms with Gasteiger partial charge in [-0.15, -0.1) is 0 Å². The highest BCUT2D eigenvalue weighted by Crippen LogP contribution is 2.30. The molecule has 3 amide bonds. The van der Waals surface area contributed by atoms with E-state index in [1.54, 1.807) is 36.2 Å². The molecule has 6 nitrogen and oxygen atoms in total. The Labute approximate surface area is 118 Å². The molecule has 1 aliphatic rings. The van der Waals surface area contributed by atoms with Crippen LogP contribution in [0.1, 0.15) is 13.3 Å². The molecule has 1 heterocycles. The Morgan fingerprint density at radius 1 is 1.30 bits per heavy atom.